The van der Waals surface area contributed by atoms with Crippen molar-refractivity contribution < 1.29 is 31.4 Å². The molecule has 0 aromatic heterocycles. The molecule has 0 unspecified atom stereocenters. The van der Waals surface area contributed by atoms with Crippen molar-refractivity contribution in [2.24, 2.45) is 11.8 Å². The molecule has 0 atom stereocenters. The highest BCUT2D eigenvalue weighted by molar-refractivity contribution is 5.33. The normalized spacial score (nSPS) is 19.8. The van der Waals surface area contributed by atoms with E-state index in [1.165, 1.54) is 44.2 Å². The van der Waals surface area contributed by atoms with Crippen LogP contribution in [0.25, 0.3) is 0 Å². The van der Waals surface area contributed by atoms with E-state index in [1.807, 2.05) is 0 Å². The molecule has 7 heteroatoms. The van der Waals surface area contributed by atoms with Gasteiger partial charge in [0.25, 0.3) is 0 Å². The van der Waals surface area contributed by atoms with Gasteiger partial charge in [-0.2, -0.15) is 8.78 Å². The summed E-state index contributed by atoms with van der Waals surface area (Å²) in [6, 6.07) is 9.92. The van der Waals surface area contributed by atoms with E-state index >= 15 is 0 Å². The minimum absolute atomic E-state index is 0.258. The lowest BCUT2D eigenvalue weighted by molar-refractivity contribution is -0.274. The lowest BCUT2D eigenvalue weighted by Gasteiger charge is -2.27. The van der Waals surface area contributed by atoms with Crippen molar-refractivity contribution in [1.29, 1.82) is 0 Å². The Labute approximate surface area is 179 Å². The number of halogens is 5. The molecule has 1 saturated carbocycles. The van der Waals surface area contributed by atoms with Crippen LogP contribution in [-0.2, 0) is 12.5 Å². The van der Waals surface area contributed by atoms with Gasteiger partial charge in [0.1, 0.15) is 11.5 Å². The average Bonchev–Trinajstić information content (AvgIpc) is 2.73. The fraction of sp³-hybridized carbons (Fsp3) is 0.500. The van der Waals surface area contributed by atoms with E-state index in [2.05, 4.69) is 11.7 Å². The van der Waals surface area contributed by atoms with Crippen molar-refractivity contribution in [1.82, 2.24) is 0 Å². The first kappa shape index (κ1) is 23.4. The summed E-state index contributed by atoms with van der Waals surface area (Å²) in [4.78, 5) is 0. The maximum absolute atomic E-state index is 14.5. The number of benzene rings is 2. The molecule has 2 aromatic rings. The third kappa shape index (κ3) is 7.11. The molecule has 170 valence electrons. The first-order valence-electron chi connectivity index (χ1n) is 10.7. The van der Waals surface area contributed by atoms with Crippen molar-refractivity contribution in [2.75, 3.05) is 0 Å². The molecule has 2 aromatic carbocycles. The van der Waals surface area contributed by atoms with Gasteiger partial charge in [0.05, 0.1) is 5.56 Å². The minimum atomic E-state index is -4.84. The van der Waals surface area contributed by atoms with E-state index in [0.29, 0.717) is 5.92 Å². The van der Waals surface area contributed by atoms with Crippen LogP contribution in [0.15, 0.2) is 48.5 Å². The van der Waals surface area contributed by atoms with Crippen LogP contribution in [0, 0.1) is 11.8 Å². The van der Waals surface area contributed by atoms with E-state index in [9.17, 15) is 22.0 Å². The van der Waals surface area contributed by atoms with E-state index < -0.39 is 18.2 Å². The van der Waals surface area contributed by atoms with Crippen LogP contribution in [0.3, 0.4) is 0 Å². The molecule has 0 heterocycles. The quantitative estimate of drug-likeness (QED) is 0.387. The summed E-state index contributed by atoms with van der Waals surface area (Å²) >= 11 is 0. The lowest BCUT2D eigenvalue weighted by atomic mass is 9.78. The Morgan fingerprint density at radius 3 is 1.77 bits per heavy atom. The van der Waals surface area contributed by atoms with Gasteiger partial charge in [0.15, 0.2) is 0 Å². The zero-order valence-corrected chi connectivity index (χ0v) is 17.4. The van der Waals surface area contributed by atoms with Gasteiger partial charge in [0.2, 0.25) is 0 Å². The molecule has 0 amide bonds. The molecule has 0 N–H and O–H groups in total. The first-order chi connectivity index (χ1) is 14.6. The fourth-order valence-electron chi connectivity index (χ4n) is 4.08. The van der Waals surface area contributed by atoms with Gasteiger partial charge in [0, 0.05) is 0 Å². The van der Waals surface area contributed by atoms with E-state index in [1.54, 1.807) is 12.1 Å². The van der Waals surface area contributed by atoms with Crippen LogP contribution in [0.5, 0.6) is 11.5 Å². The molecule has 0 radical (unpaired) electrons. The first-order valence-corrected chi connectivity index (χ1v) is 10.7. The topological polar surface area (TPSA) is 18.5 Å². The van der Waals surface area contributed by atoms with E-state index in [0.717, 1.165) is 48.6 Å². The highest BCUT2D eigenvalue weighted by Gasteiger charge is 2.35. The second-order valence-corrected chi connectivity index (χ2v) is 8.17. The average molecular weight is 442 g/mol. The van der Waals surface area contributed by atoms with Gasteiger partial charge in [-0.05, 0) is 66.6 Å². The maximum atomic E-state index is 14.5. The Hall–Kier alpha value is -2.31. The summed E-state index contributed by atoms with van der Waals surface area (Å²) in [6.45, 7) is 2.24. The van der Waals surface area contributed by atoms with Gasteiger partial charge in [-0.1, -0.05) is 51.2 Å². The second kappa shape index (κ2) is 9.88. The zero-order chi connectivity index (χ0) is 22.5. The molecule has 3 rings (SSSR count). The Morgan fingerprint density at radius 1 is 0.742 bits per heavy atom. The van der Waals surface area contributed by atoms with Crippen molar-refractivity contribution in [3.8, 4) is 11.5 Å². The van der Waals surface area contributed by atoms with Gasteiger partial charge in [-0.3, -0.25) is 0 Å². The lowest BCUT2D eigenvalue weighted by Crippen LogP contribution is -2.22. The molecular weight excluding hydrogens is 415 g/mol. The molecule has 31 heavy (non-hydrogen) atoms. The number of hydrogen-bond acceptors (Lipinski definition) is 2. The van der Waals surface area contributed by atoms with Gasteiger partial charge >= 0.3 is 12.5 Å². The fourth-order valence-corrected chi connectivity index (χ4v) is 4.08. The van der Waals surface area contributed by atoms with Crippen LogP contribution in [0.4, 0.5) is 22.0 Å². The number of ether oxygens (including phenoxy) is 2. The van der Waals surface area contributed by atoms with Crippen molar-refractivity contribution in [3.05, 3.63) is 59.7 Å². The molecular formula is C24H27F5O2. The molecule has 0 saturated heterocycles. The Bertz CT molecular complexity index is 807. The maximum Gasteiger partial charge on any atom is 0.573 e. The number of rotatable bonds is 8. The van der Waals surface area contributed by atoms with Crippen LogP contribution >= 0.6 is 0 Å². The Kier molecular flexibility index (Phi) is 7.44. The molecule has 1 aliphatic carbocycles. The van der Waals surface area contributed by atoms with E-state index in [4.69, 9.17) is 4.74 Å². The largest absolute Gasteiger partial charge is 0.573 e. The molecule has 1 aliphatic rings. The van der Waals surface area contributed by atoms with Crippen LogP contribution in [0.1, 0.15) is 56.6 Å². The van der Waals surface area contributed by atoms with Crippen LogP contribution in [0.2, 0.25) is 0 Å². The van der Waals surface area contributed by atoms with Gasteiger partial charge in [-0.15, -0.1) is 13.2 Å². The van der Waals surface area contributed by atoms with Crippen LogP contribution < -0.4 is 9.47 Å². The summed E-state index contributed by atoms with van der Waals surface area (Å²) in [5.74, 6) is 0.796. The zero-order valence-electron chi connectivity index (χ0n) is 17.4. The van der Waals surface area contributed by atoms with Gasteiger partial charge < -0.3 is 9.47 Å². The minimum Gasteiger partial charge on any atom is -0.429 e. The molecule has 0 spiro atoms. The second-order valence-electron chi connectivity index (χ2n) is 8.17. The van der Waals surface area contributed by atoms with Crippen LogP contribution in [-0.4, -0.2) is 6.36 Å². The van der Waals surface area contributed by atoms with Crippen molar-refractivity contribution in [3.63, 3.8) is 0 Å². The van der Waals surface area contributed by atoms with Gasteiger partial charge in [-0.25, -0.2) is 0 Å². The summed E-state index contributed by atoms with van der Waals surface area (Å²) in [5, 5.41) is 0. The molecule has 0 aliphatic heterocycles. The smallest absolute Gasteiger partial charge is 0.429 e. The molecule has 2 nitrogen and oxygen atoms in total. The van der Waals surface area contributed by atoms with Crippen molar-refractivity contribution >= 4 is 0 Å². The Balaban J connectivity index is 1.53. The summed E-state index contributed by atoms with van der Waals surface area (Å²) in [7, 11) is 0. The monoisotopic (exact) mass is 442 g/mol. The highest BCUT2D eigenvalue weighted by atomic mass is 19.4. The summed E-state index contributed by atoms with van der Waals surface area (Å²) in [5.41, 5.74) is 0.695. The highest BCUT2D eigenvalue weighted by Crippen LogP contribution is 2.35. The molecule has 1 fully saturated rings. The number of aryl methyl sites for hydroxylation is 1. The third-order valence-corrected chi connectivity index (χ3v) is 5.98. The van der Waals surface area contributed by atoms with E-state index in [-0.39, 0.29) is 11.3 Å². The molecule has 0 bridgehead atoms. The van der Waals surface area contributed by atoms with Crippen molar-refractivity contribution in [2.45, 2.75) is 64.3 Å². The Morgan fingerprint density at radius 2 is 1.26 bits per heavy atom. The third-order valence-electron chi connectivity index (χ3n) is 5.98. The number of hydrogen-bond donors (Lipinski definition) is 0. The summed E-state index contributed by atoms with van der Waals surface area (Å²) in [6.07, 6.45) is -0.225. The predicted molar refractivity (Wildman–Crippen MR) is 108 cm³/mol. The summed E-state index contributed by atoms with van der Waals surface area (Å²) < 4.78 is 73.9. The number of alkyl halides is 5. The SMILES string of the molecule is CC[C@H]1CC[C@H](CCc2ccc(C(F)(F)Oc3ccc(OC(F)(F)F)cc3)cc2)CC1. The standard InChI is InChI=1S/C24H27F5O2/c1-2-17-3-5-18(6-4-17)7-8-19-9-11-20(12-10-19)23(25,26)30-21-13-15-22(16-14-21)31-24(27,28)29/h9-18H,2-8H2,1H3/t17-,18-. The predicted octanol–water partition coefficient (Wildman–Crippen LogP) is 7.86.